The highest BCUT2D eigenvalue weighted by molar-refractivity contribution is 6.22. The summed E-state index contributed by atoms with van der Waals surface area (Å²) in [5.74, 6) is -1.71. The van der Waals surface area contributed by atoms with Gasteiger partial charge in [-0.25, -0.2) is 4.79 Å². The van der Waals surface area contributed by atoms with Crippen LogP contribution in [0.3, 0.4) is 0 Å². The van der Waals surface area contributed by atoms with Crippen molar-refractivity contribution in [2.45, 2.75) is 39.0 Å². The minimum atomic E-state index is -1.68. The van der Waals surface area contributed by atoms with E-state index in [1.807, 2.05) is 6.92 Å². The van der Waals surface area contributed by atoms with Crippen LogP contribution in [-0.4, -0.2) is 24.3 Å². The van der Waals surface area contributed by atoms with E-state index in [0.29, 0.717) is 17.7 Å². The molecule has 1 atom stereocenters. The molecule has 27 heavy (non-hydrogen) atoms. The van der Waals surface area contributed by atoms with Gasteiger partial charge in [-0.3, -0.25) is 9.59 Å². The number of ketones is 1. The summed E-state index contributed by atoms with van der Waals surface area (Å²) in [6.07, 6.45) is 1.51. The van der Waals surface area contributed by atoms with Crippen LogP contribution in [0.25, 0.3) is 0 Å². The Morgan fingerprint density at radius 3 is 2.63 bits per heavy atom. The van der Waals surface area contributed by atoms with Crippen LogP contribution in [0.1, 0.15) is 39.2 Å². The summed E-state index contributed by atoms with van der Waals surface area (Å²) in [6.45, 7) is 5.04. The molecule has 2 heterocycles. The van der Waals surface area contributed by atoms with Gasteiger partial charge in [0.1, 0.15) is 16.7 Å². The average Bonchev–Trinajstić information content (AvgIpc) is 2.87. The number of fused-ring (bicyclic) bond motifs is 2. The number of Topliss-reactive ketones (excluding diaryl/α,β-unsaturated/α-hetero) is 1. The van der Waals surface area contributed by atoms with Crippen molar-refractivity contribution in [3.8, 4) is 0 Å². The van der Waals surface area contributed by atoms with Crippen LogP contribution < -0.4 is 11.1 Å². The number of hydrogen-bond donors (Lipinski definition) is 2. The summed E-state index contributed by atoms with van der Waals surface area (Å²) < 4.78 is 10.8. The van der Waals surface area contributed by atoms with Crippen molar-refractivity contribution < 1.29 is 23.9 Å². The van der Waals surface area contributed by atoms with E-state index in [2.05, 4.69) is 5.32 Å². The van der Waals surface area contributed by atoms with Crippen LogP contribution in [0.2, 0.25) is 0 Å². The Hall–Kier alpha value is -3.09. The van der Waals surface area contributed by atoms with E-state index in [1.54, 1.807) is 31.2 Å². The summed E-state index contributed by atoms with van der Waals surface area (Å²) in [6, 6.07) is 6.90. The highest BCUT2D eigenvalue weighted by Gasteiger charge is 2.60. The van der Waals surface area contributed by atoms with Crippen molar-refractivity contribution in [2.24, 2.45) is 5.73 Å². The molecule has 7 nitrogen and oxygen atoms in total. The Labute approximate surface area is 157 Å². The van der Waals surface area contributed by atoms with Crippen LogP contribution in [0.4, 0.5) is 5.69 Å². The molecule has 3 N–H and O–H groups in total. The number of unbranched alkanes of at least 4 members (excludes halogenated alkanes) is 1. The second-order valence-electron chi connectivity index (χ2n) is 6.57. The number of amides is 1. The molecule has 0 saturated heterocycles. The lowest BCUT2D eigenvalue weighted by molar-refractivity contribution is -0.141. The predicted molar refractivity (Wildman–Crippen MR) is 98.3 cm³/mol. The number of ether oxygens (including phenoxy) is 2. The van der Waals surface area contributed by atoms with E-state index in [0.717, 1.165) is 6.42 Å². The molecule has 0 bridgehead atoms. The number of hydrogen-bond acceptors (Lipinski definition) is 6. The first-order valence-corrected chi connectivity index (χ1v) is 8.84. The zero-order valence-corrected chi connectivity index (χ0v) is 15.5. The van der Waals surface area contributed by atoms with Crippen LogP contribution >= 0.6 is 0 Å². The van der Waals surface area contributed by atoms with Crippen LogP contribution in [0.5, 0.6) is 0 Å². The van der Waals surface area contributed by atoms with Gasteiger partial charge in [0.15, 0.2) is 5.78 Å². The number of anilines is 1. The Bertz CT molecular complexity index is 899. The Morgan fingerprint density at radius 2 is 1.96 bits per heavy atom. The second-order valence-corrected chi connectivity index (χ2v) is 6.57. The topological polar surface area (TPSA) is 108 Å². The first-order valence-electron chi connectivity index (χ1n) is 8.84. The Kier molecular flexibility index (Phi) is 4.78. The van der Waals surface area contributed by atoms with Gasteiger partial charge in [-0.05, 0) is 26.3 Å². The quantitative estimate of drug-likeness (QED) is 0.608. The normalized spacial score (nSPS) is 21.1. The molecule has 0 saturated carbocycles. The SMILES string of the molecule is CCCCOC(=O)C1=C(N)OC(C)=C(C(C)=O)[C@]12C(=O)Nc1ccccc12. The molecular weight excluding hydrogens is 348 g/mol. The summed E-state index contributed by atoms with van der Waals surface area (Å²) in [7, 11) is 0. The molecule has 0 aromatic heterocycles. The van der Waals surface area contributed by atoms with Gasteiger partial charge in [-0.2, -0.15) is 0 Å². The molecule has 142 valence electrons. The fourth-order valence-electron chi connectivity index (χ4n) is 3.74. The molecule has 3 rings (SSSR count). The lowest BCUT2D eigenvalue weighted by Crippen LogP contribution is -2.48. The number of rotatable bonds is 5. The Balaban J connectivity index is 2.26. The summed E-state index contributed by atoms with van der Waals surface area (Å²) >= 11 is 0. The standard InChI is InChI=1S/C20H22N2O5/c1-4-5-10-26-18(24)16-17(21)27-12(3)15(11(2)23)20(16)13-8-6-7-9-14(13)22-19(20)25/h6-9H,4-5,10,21H2,1-3H3,(H,22,25)/t20-/m0/s1. The molecule has 2 aliphatic heterocycles. The maximum absolute atomic E-state index is 13.2. The average molecular weight is 370 g/mol. The summed E-state index contributed by atoms with van der Waals surface area (Å²) in [5, 5.41) is 2.76. The van der Waals surface area contributed by atoms with Gasteiger partial charge in [0.25, 0.3) is 0 Å². The van der Waals surface area contributed by atoms with Gasteiger partial charge in [0, 0.05) is 11.3 Å². The van der Waals surface area contributed by atoms with E-state index in [9.17, 15) is 14.4 Å². The predicted octanol–water partition coefficient (Wildman–Crippen LogP) is 2.28. The maximum atomic E-state index is 13.2. The Morgan fingerprint density at radius 1 is 1.26 bits per heavy atom. The molecule has 1 spiro atoms. The molecule has 2 aliphatic rings. The molecular formula is C20H22N2O5. The highest BCUT2D eigenvalue weighted by atomic mass is 16.5. The highest BCUT2D eigenvalue weighted by Crippen LogP contribution is 2.52. The monoisotopic (exact) mass is 370 g/mol. The van der Waals surface area contributed by atoms with Gasteiger partial charge >= 0.3 is 5.97 Å². The first kappa shape index (κ1) is 18.7. The molecule has 7 heteroatoms. The van der Waals surface area contributed by atoms with Gasteiger partial charge in [-0.1, -0.05) is 31.5 Å². The van der Waals surface area contributed by atoms with Crippen molar-refractivity contribution in [2.75, 3.05) is 11.9 Å². The van der Waals surface area contributed by atoms with Crippen molar-refractivity contribution >= 4 is 23.3 Å². The van der Waals surface area contributed by atoms with Crippen molar-refractivity contribution in [3.63, 3.8) is 0 Å². The third-order valence-electron chi connectivity index (χ3n) is 4.82. The van der Waals surface area contributed by atoms with Gasteiger partial charge in [-0.15, -0.1) is 0 Å². The van der Waals surface area contributed by atoms with E-state index in [4.69, 9.17) is 15.2 Å². The second kappa shape index (κ2) is 6.90. The maximum Gasteiger partial charge on any atom is 0.341 e. The van der Waals surface area contributed by atoms with E-state index < -0.39 is 17.3 Å². The number of benzene rings is 1. The van der Waals surface area contributed by atoms with E-state index in [-0.39, 0.29) is 35.2 Å². The summed E-state index contributed by atoms with van der Waals surface area (Å²) in [5.41, 5.74) is 5.28. The van der Waals surface area contributed by atoms with Gasteiger partial charge < -0.3 is 20.5 Å². The van der Waals surface area contributed by atoms with E-state index >= 15 is 0 Å². The first-order chi connectivity index (χ1) is 12.9. The van der Waals surface area contributed by atoms with Crippen molar-refractivity contribution in [3.05, 3.63) is 52.6 Å². The fraction of sp³-hybridized carbons (Fsp3) is 0.350. The van der Waals surface area contributed by atoms with E-state index in [1.165, 1.54) is 6.92 Å². The third kappa shape index (κ3) is 2.70. The number of carbonyl (C=O) groups excluding carboxylic acids is 3. The third-order valence-corrected chi connectivity index (χ3v) is 4.82. The molecule has 0 unspecified atom stereocenters. The van der Waals surface area contributed by atoms with Gasteiger partial charge in [0.2, 0.25) is 11.8 Å². The van der Waals surface area contributed by atoms with Crippen molar-refractivity contribution in [1.29, 1.82) is 0 Å². The molecule has 0 fully saturated rings. The lowest BCUT2D eigenvalue weighted by Gasteiger charge is -2.35. The zero-order chi connectivity index (χ0) is 19.8. The van der Waals surface area contributed by atoms with Gasteiger partial charge in [0.05, 0.1) is 12.2 Å². The van der Waals surface area contributed by atoms with Crippen LogP contribution in [-0.2, 0) is 29.3 Å². The molecule has 0 aliphatic carbocycles. The molecule has 1 aromatic rings. The minimum absolute atomic E-state index is 0.0848. The molecule has 1 amide bonds. The largest absolute Gasteiger partial charge is 0.462 e. The lowest BCUT2D eigenvalue weighted by atomic mass is 9.67. The zero-order valence-electron chi connectivity index (χ0n) is 15.5. The number of nitrogens with one attached hydrogen (secondary N) is 1. The van der Waals surface area contributed by atoms with Crippen LogP contribution in [0, 0.1) is 0 Å². The summed E-state index contributed by atoms with van der Waals surface area (Å²) in [4.78, 5) is 38.7. The number of esters is 1. The minimum Gasteiger partial charge on any atom is -0.462 e. The molecule has 0 radical (unpaired) electrons. The smallest absolute Gasteiger partial charge is 0.341 e. The van der Waals surface area contributed by atoms with Crippen LogP contribution in [0.15, 0.2) is 47.1 Å². The number of nitrogens with two attached hydrogens (primary N) is 1. The molecule has 1 aromatic carbocycles. The van der Waals surface area contributed by atoms with Crippen molar-refractivity contribution in [1.82, 2.24) is 0 Å². The number of para-hydroxylation sites is 1. The fourth-order valence-corrected chi connectivity index (χ4v) is 3.74. The number of carbonyl (C=O) groups is 3. The number of allylic oxidation sites excluding steroid dienone is 1.